The highest BCUT2D eigenvalue weighted by molar-refractivity contribution is 7.99. The average Bonchev–Trinajstić information content (AvgIpc) is 2.29. The van der Waals surface area contributed by atoms with Crippen LogP contribution in [0.15, 0.2) is 18.2 Å². The van der Waals surface area contributed by atoms with Crippen molar-refractivity contribution in [2.75, 3.05) is 17.2 Å². The first-order chi connectivity index (χ1) is 7.68. The van der Waals surface area contributed by atoms with E-state index in [0.717, 1.165) is 29.9 Å². The number of hydrogen-bond acceptors (Lipinski definition) is 4. The van der Waals surface area contributed by atoms with Crippen molar-refractivity contribution >= 4 is 17.4 Å². The number of aliphatic hydroxyl groups is 1. The second kappa shape index (κ2) is 4.97. The average molecular weight is 239 g/mol. The standard InChI is InChI=1S/C12H17NO2S/c13-11-7-9(14)1-2-10(11)12(15)8-3-5-16-6-4-8/h1-2,7-8,12,14-15H,3-6,13H2. The Morgan fingerprint density at radius 2 is 2.00 bits per heavy atom. The van der Waals surface area contributed by atoms with Gasteiger partial charge in [-0.1, -0.05) is 6.07 Å². The van der Waals surface area contributed by atoms with Gasteiger partial charge in [-0.2, -0.15) is 11.8 Å². The molecule has 1 saturated heterocycles. The van der Waals surface area contributed by atoms with Crippen LogP contribution in [0.1, 0.15) is 24.5 Å². The summed E-state index contributed by atoms with van der Waals surface area (Å²) in [5, 5.41) is 19.5. The van der Waals surface area contributed by atoms with E-state index in [4.69, 9.17) is 5.73 Å². The molecule has 0 amide bonds. The molecule has 1 aromatic carbocycles. The quantitative estimate of drug-likeness (QED) is 0.692. The van der Waals surface area contributed by atoms with Crippen molar-refractivity contribution < 1.29 is 10.2 Å². The fourth-order valence-corrected chi connectivity index (χ4v) is 3.26. The number of phenolic OH excluding ortho intramolecular Hbond substituents is 1. The van der Waals surface area contributed by atoms with Crippen molar-refractivity contribution in [3.8, 4) is 5.75 Å². The fourth-order valence-electron chi connectivity index (χ4n) is 2.12. The molecule has 1 atom stereocenters. The number of rotatable bonds is 2. The highest BCUT2D eigenvalue weighted by atomic mass is 32.2. The fraction of sp³-hybridized carbons (Fsp3) is 0.500. The summed E-state index contributed by atoms with van der Waals surface area (Å²) in [5.41, 5.74) is 7.03. The monoisotopic (exact) mass is 239 g/mol. The minimum Gasteiger partial charge on any atom is -0.508 e. The number of aromatic hydroxyl groups is 1. The maximum atomic E-state index is 10.2. The van der Waals surface area contributed by atoms with Crippen molar-refractivity contribution in [1.29, 1.82) is 0 Å². The van der Waals surface area contributed by atoms with Gasteiger partial charge in [0, 0.05) is 17.3 Å². The molecule has 1 aromatic rings. The van der Waals surface area contributed by atoms with Crippen LogP contribution in [0.4, 0.5) is 5.69 Å². The van der Waals surface area contributed by atoms with Crippen molar-refractivity contribution in [1.82, 2.24) is 0 Å². The van der Waals surface area contributed by atoms with E-state index < -0.39 is 6.10 Å². The first-order valence-electron chi connectivity index (χ1n) is 5.52. The van der Waals surface area contributed by atoms with Gasteiger partial charge in [0.2, 0.25) is 0 Å². The van der Waals surface area contributed by atoms with Gasteiger partial charge in [-0.15, -0.1) is 0 Å². The van der Waals surface area contributed by atoms with E-state index in [1.165, 1.54) is 6.07 Å². The SMILES string of the molecule is Nc1cc(O)ccc1C(O)C1CCSCC1. The van der Waals surface area contributed by atoms with Crippen molar-refractivity contribution in [2.24, 2.45) is 5.92 Å². The molecule has 0 bridgehead atoms. The molecule has 1 aliphatic heterocycles. The lowest BCUT2D eigenvalue weighted by Crippen LogP contribution is -2.19. The van der Waals surface area contributed by atoms with Gasteiger partial charge in [0.25, 0.3) is 0 Å². The number of nitrogen functional groups attached to an aromatic ring is 1. The van der Waals surface area contributed by atoms with Crippen LogP contribution in [-0.4, -0.2) is 21.7 Å². The topological polar surface area (TPSA) is 66.5 Å². The smallest absolute Gasteiger partial charge is 0.117 e. The first-order valence-corrected chi connectivity index (χ1v) is 6.68. The molecule has 1 unspecified atom stereocenters. The van der Waals surface area contributed by atoms with Gasteiger partial charge in [0.15, 0.2) is 0 Å². The van der Waals surface area contributed by atoms with Crippen LogP contribution in [0.3, 0.4) is 0 Å². The third-order valence-electron chi connectivity index (χ3n) is 3.10. The number of nitrogens with two attached hydrogens (primary N) is 1. The number of aliphatic hydroxyl groups excluding tert-OH is 1. The first kappa shape index (κ1) is 11.6. The summed E-state index contributed by atoms with van der Waals surface area (Å²) in [6.45, 7) is 0. The van der Waals surface area contributed by atoms with Crippen LogP contribution in [0.2, 0.25) is 0 Å². The lowest BCUT2D eigenvalue weighted by molar-refractivity contribution is 0.104. The molecule has 4 N–H and O–H groups in total. The van der Waals surface area contributed by atoms with E-state index in [-0.39, 0.29) is 5.75 Å². The summed E-state index contributed by atoms with van der Waals surface area (Å²) >= 11 is 1.94. The van der Waals surface area contributed by atoms with E-state index in [1.807, 2.05) is 11.8 Å². The molecule has 1 aliphatic rings. The molecule has 4 heteroatoms. The maximum Gasteiger partial charge on any atom is 0.117 e. The van der Waals surface area contributed by atoms with Gasteiger partial charge in [-0.3, -0.25) is 0 Å². The van der Waals surface area contributed by atoms with Crippen LogP contribution in [0.5, 0.6) is 5.75 Å². The van der Waals surface area contributed by atoms with Crippen molar-refractivity contribution in [3.05, 3.63) is 23.8 Å². The molecule has 0 radical (unpaired) electrons. The predicted molar refractivity (Wildman–Crippen MR) is 67.5 cm³/mol. The Kier molecular flexibility index (Phi) is 3.61. The van der Waals surface area contributed by atoms with E-state index in [0.29, 0.717) is 11.6 Å². The normalized spacial score (nSPS) is 19.6. The summed E-state index contributed by atoms with van der Waals surface area (Å²) in [4.78, 5) is 0. The Morgan fingerprint density at radius 3 is 2.62 bits per heavy atom. The number of phenols is 1. The van der Waals surface area contributed by atoms with E-state index >= 15 is 0 Å². The highest BCUT2D eigenvalue weighted by Crippen LogP contribution is 2.36. The molecule has 1 fully saturated rings. The zero-order chi connectivity index (χ0) is 11.5. The van der Waals surface area contributed by atoms with Gasteiger partial charge in [-0.25, -0.2) is 0 Å². The number of hydrogen-bond donors (Lipinski definition) is 3. The van der Waals surface area contributed by atoms with Crippen LogP contribution in [0.25, 0.3) is 0 Å². The van der Waals surface area contributed by atoms with Crippen LogP contribution in [-0.2, 0) is 0 Å². The Morgan fingerprint density at radius 1 is 1.31 bits per heavy atom. The zero-order valence-corrected chi connectivity index (χ0v) is 9.91. The number of benzene rings is 1. The number of thioether (sulfide) groups is 1. The van der Waals surface area contributed by atoms with Gasteiger partial charge in [0.1, 0.15) is 5.75 Å². The van der Waals surface area contributed by atoms with Gasteiger partial charge in [0.05, 0.1) is 6.10 Å². The molecule has 0 saturated carbocycles. The summed E-state index contributed by atoms with van der Waals surface area (Å²) in [6.07, 6.45) is 1.57. The van der Waals surface area contributed by atoms with Crippen LogP contribution < -0.4 is 5.73 Å². The predicted octanol–water partition coefficient (Wildman–Crippen LogP) is 2.15. The van der Waals surface area contributed by atoms with E-state index in [2.05, 4.69) is 0 Å². The minimum absolute atomic E-state index is 0.146. The molecular formula is C12H17NO2S. The second-order valence-corrected chi connectivity index (χ2v) is 5.43. The van der Waals surface area contributed by atoms with E-state index in [1.54, 1.807) is 12.1 Å². The third kappa shape index (κ3) is 2.44. The van der Waals surface area contributed by atoms with Crippen LogP contribution >= 0.6 is 11.8 Å². The lowest BCUT2D eigenvalue weighted by Gasteiger charge is -2.27. The Hall–Kier alpha value is -0.870. The summed E-state index contributed by atoms with van der Waals surface area (Å²) in [6, 6.07) is 4.79. The minimum atomic E-state index is -0.499. The van der Waals surface area contributed by atoms with Crippen molar-refractivity contribution in [2.45, 2.75) is 18.9 Å². The lowest BCUT2D eigenvalue weighted by atomic mass is 9.90. The molecule has 16 heavy (non-hydrogen) atoms. The molecule has 2 rings (SSSR count). The second-order valence-electron chi connectivity index (χ2n) is 4.21. The summed E-state index contributed by atoms with van der Waals surface area (Å²) < 4.78 is 0. The van der Waals surface area contributed by atoms with Gasteiger partial charge in [-0.05, 0) is 36.3 Å². The highest BCUT2D eigenvalue weighted by Gasteiger charge is 2.24. The van der Waals surface area contributed by atoms with Gasteiger partial charge >= 0.3 is 0 Å². The molecule has 0 spiro atoms. The Labute approximate surface area is 99.7 Å². The molecule has 3 nitrogen and oxygen atoms in total. The van der Waals surface area contributed by atoms with Crippen LogP contribution in [0, 0.1) is 5.92 Å². The third-order valence-corrected chi connectivity index (χ3v) is 4.15. The maximum absolute atomic E-state index is 10.2. The zero-order valence-electron chi connectivity index (χ0n) is 9.10. The van der Waals surface area contributed by atoms with Gasteiger partial charge < -0.3 is 15.9 Å². The molecule has 88 valence electrons. The molecule has 0 aliphatic carbocycles. The number of anilines is 1. The Bertz CT molecular complexity index is 364. The Balaban J connectivity index is 2.15. The summed E-state index contributed by atoms with van der Waals surface area (Å²) in [5.74, 6) is 2.67. The van der Waals surface area contributed by atoms with E-state index in [9.17, 15) is 10.2 Å². The molecule has 0 aromatic heterocycles. The molecular weight excluding hydrogens is 222 g/mol. The summed E-state index contributed by atoms with van der Waals surface area (Å²) in [7, 11) is 0. The van der Waals surface area contributed by atoms with Crippen molar-refractivity contribution in [3.63, 3.8) is 0 Å². The largest absolute Gasteiger partial charge is 0.508 e. The molecule has 1 heterocycles.